The van der Waals surface area contributed by atoms with Crippen LogP contribution >= 0.6 is 0 Å². The van der Waals surface area contributed by atoms with Gasteiger partial charge in [-0.05, 0) is 47.6 Å². The van der Waals surface area contributed by atoms with Gasteiger partial charge in [-0.1, -0.05) is 36.4 Å². The van der Waals surface area contributed by atoms with Crippen molar-refractivity contribution in [2.75, 3.05) is 19.3 Å². The van der Waals surface area contributed by atoms with E-state index in [9.17, 15) is 17.6 Å². The molecule has 0 spiro atoms. The monoisotopic (exact) mass is 402 g/mol. The van der Waals surface area contributed by atoms with E-state index >= 15 is 0 Å². The minimum atomic E-state index is -3.27. The van der Waals surface area contributed by atoms with Crippen LogP contribution in [0.15, 0.2) is 48.5 Å². The van der Waals surface area contributed by atoms with Gasteiger partial charge in [-0.25, -0.2) is 17.5 Å². The predicted octanol–water partition coefficient (Wildman–Crippen LogP) is 2.75. The molecular formula is C21H23FN2O3S. The molecule has 4 rings (SSSR count). The van der Waals surface area contributed by atoms with Crippen LogP contribution in [0, 0.1) is 11.7 Å². The van der Waals surface area contributed by atoms with E-state index in [2.05, 4.69) is 4.72 Å². The summed E-state index contributed by atoms with van der Waals surface area (Å²) in [6.07, 6.45) is 2.54. The van der Waals surface area contributed by atoms with Crippen LogP contribution in [0.3, 0.4) is 0 Å². The van der Waals surface area contributed by atoms with Crippen molar-refractivity contribution in [3.05, 3.63) is 59.9 Å². The maximum atomic E-state index is 13.7. The average Bonchev–Trinajstić information content (AvgIpc) is 3.32. The summed E-state index contributed by atoms with van der Waals surface area (Å²) in [5, 5.41) is 0. The summed E-state index contributed by atoms with van der Waals surface area (Å²) < 4.78 is 39.0. The molecule has 1 N–H and O–H groups in total. The number of carbonyl (C=O) groups excluding carboxylic acids is 1. The molecule has 0 aromatic heterocycles. The standard InChI is InChI=1S/C21H23FN2O3S/c1-28(26,27)23-16-9-10-24(13-16)21(25)20-12-19(20)18-8-3-2-7-17(18)14-5-4-6-15(22)11-14/h2-8,11,16,19-20,23H,9-10,12-13H2,1H3/t16-,19-,20+/m0/s1. The van der Waals surface area contributed by atoms with E-state index in [1.807, 2.05) is 30.3 Å². The largest absolute Gasteiger partial charge is 0.341 e. The molecule has 7 heteroatoms. The highest BCUT2D eigenvalue weighted by atomic mass is 32.2. The highest BCUT2D eigenvalue weighted by Crippen LogP contribution is 2.51. The summed E-state index contributed by atoms with van der Waals surface area (Å²) >= 11 is 0. The van der Waals surface area contributed by atoms with E-state index in [1.54, 1.807) is 11.0 Å². The molecular weight excluding hydrogens is 379 g/mol. The molecule has 1 heterocycles. The van der Waals surface area contributed by atoms with E-state index in [-0.39, 0.29) is 29.6 Å². The van der Waals surface area contributed by atoms with E-state index in [4.69, 9.17) is 0 Å². The molecule has 0 bridgehead atoms. The number of likely N-dealkylation sites (tertiary alicyclic amines) is 1. The molecule has 1 aliphatic carbocycles. The molecule has 0 unspecified atom stereocenters. The van der Waals surface area contributed by atoms with Crippen LogP contribution < -0.4 is 4.72 Å². The van der Waals surface area contributed by atoms with Crippen molar-refractivity contribution in [2.24, 2.45) is 5.92 Å². The lowest BCUT2D eigenvalue weighted by atomic mass is 9.96. The van der Waals surface area contributed by atoms with Crippen LogP contribution in [-0.2, 0) is 14.8 Å². The maximum Gasteiger partial charge on any atom is 0.226 e. The lowest BCUT2D eigenvalue weighted by Crippen LogP contribution is -2.38. The third-order valence-corrected chi connectivity index (χ3v) is 6.25. The van der Waals surface area contributed by atoms with Crippen molar-refractivity contribution >= 4 is 15.9 Å². The van der Waals surface area contributed by atoms with Crippen molar-refractivity contribution in [3.63, 3.8) is 0 Å². The number of sulfonamides is 1. The Labute approximate surface area is 164 Å². The normalized spacial score (nSPS) is 24.4. The van der Waals surface area contributed by atoms with E-state index in [0.29, 0.717) is 19.5 Å². The smallest absolute Gasteiger partial charge is 0.226 e. The first-order chi connectivity index (χ1) is 13.3. The molecule has 1 saturated heterocycles. The summed E-state index contributed by atoms with van der Waals surface area (Å²) in [6, 6.07) is 14.1. The number of rotatable bonds is 5. The zero-order chi connectivity index (χ0) is 19.9. The lowest BCUT2D eigenvalue weighted by molar-refractivity contribution is -0.131. The van der Waals surface area contributed by atoms with Crippen molar-refractivity contribution < 1.29 is 17.6 Å². The predicted molar refractivity (Wildman–Crippen MR) is 106 cm³/mol. The fraction of sp³-hybridized carbons (Fsp3) is 0.381. The second-order valence-electron chi connectivity index (χ2n) is 7.71. The first kappa shape index (κ1) is 19.1. The second-order valence-corrected chi connectivity index (χ2v) is 9.49. The van der Waals surface area contributed by atoms with Crippen LogP contribution in [0.4, 0.5) is 4.39 Å². The Bertz CT molecular complexity index is 1010. The molecule has 2 aromatic carbocycles. The molecule has 5 nitrogen and oxygen atoms in total. The summed E-state index contributed by atoms with van der Waals surface area (Å²) in [5.41, 5.74) is 2.84. The number of nitrogens with one attached hydrogen (secondary N) is 1. The van der Waals surface area contributed by atoms with E-state index in [0.717, 1.165) is 29.4 Å². The minimum Gasteiger partial charge on any atom is -0.341 e. The van der Waals surface area contributed by atoms with Gasteiger partial charge in [0.25, 0.3) is 0 Å². The number of carbonyl (C=O) groups is 1. The number of amides is 1. The summed E-state index contributed by atoms with van der Waals surface area (Å²) in [4.78, 5) is 14.7. The second kappa shape index (κ2) is 7.29. The van der Waals surface area contributed by atoms with E-state index in [1.165, 1.54) is 12.1 Å². The van der Waals surface area contributed by atoms with Gasteiger partial charge in [0.1, 0.15) is 5.82 Å². The number of benzene rings is 2. The highest BCUT2D eigenvalue weighted by Gasteiger charge is 2.47. The molecule has 1 aliphatic heterocycles. The number of nitrogens with zero attached hydrogens (tertiary/aromatic N) is 1. The van der Waals surface area contributed by atoms with Gasteiger partial charge in [-0.2, -0.15) is 0 Å². The SMILES string of the molecule is CS(=O)(=O)N[C@H]1CCN(C(=O)[C@@H]2C[C@H]2c2ccccc2-c2cccc(F)c2)C1. The number of hydrogen-bond acceptors (Lipinski definition) is 3. The van der Waals surface area contributed by atoms with Crippen LogP contribution in [0.5, 0.6) is 0 Å². The Hall–Kier alpha value is -2.25. The van der Waals surface area contributed by atoms with Crippen LogP contribution in [0.25, 0.3) is 11.1 Å². The summed E-state index contributed by atoms with van der Waals surface area (Å²) in [5.74, 6) is -0.172. The number of hydrogen-bond donors (Lipinski definition) is 1. The Morgan fingerprint density at radius 3 is 2.71 bits per heavy atom. The van der Waals surface area contributed by atoms with Gasteiger partial charge in [0.15, 0.2) is 0 Å². The Morgan fingerprint density at radius 2 is 1.96 bits per heavy atom. The van der Waals surface area contributed by atoms with Gasteiger partial charge in [0.05, 0.1) is 6.26 Å². The Morgan fingerprint density at radius 1 is 1.18 bits per heavy atom. The lowest BCUT2D eigenvalue weighted by Gasteiger charge is -2.17. The first-order valence-electron chi connectivity index (χ1n) is 9.43. The summed E-state index contributed by atoms with van der Waals surface area (Å²) in [7, 11) is -3.27. The molecule has 148 valence electrons. The third kappa shape index (κ3) is 4.10. The van der Waals surface area contributed by atoms with Crippen molar-refractivity contribution in [2.45, 2.75) is 24.8 Å². The molecule has 0 radical (unpaired) electrons. The molecule has 3 atom stereocenters. The Balaban J connectivity index is 1.47. The van der Waals surface area contributed by atoms with Crippen LogP contribution in [0.2, 0.25) is 0 Å². The van der Waals surface area contributed by atoms with E-state index < -0.39 is 10.0 Å². The Kier molecular flexibility index (Phi) is 4.97. The highest BCUT2D eigenvalue weighted by molar-refractivity contribution is 7.88. The topological polar surface area (TPSA) is 66.5 Å². The van der Waals surface area contributed by atoms with Crippen molar-refractivity contribution in [1.82, 2.24) is 9.62 Å². The van der Waals surface area contributed by atoms with Crippen LogP contribution in [-0.4, -0.2) is 44.6 Å². The van der Waals surface area contributed by atoms with Gasteiger partial charge in [-0.15, -0.1) is 0 Å². The molecule has 2 aromatic rings. The summed E-state index contributed by atoms with van der Waals surface area (Å²) in [6.45, 7) is 0.988. The van der Waals surface area contributed by atoms with Gasteiger partial charge in [-0.3, -0.25) is 4.79 Å². The van der Waals surface area contributed by atoms with Crippen molar-refractivity contribution in [3.8, 4) is 11.1 Å². The number of halogens is 1. The van der Waals surface area contributed by atoms with Crippen molar-refractivity contribution in [1.29, 1.82) is 0 Å². The molecule has 1 saturated carbocycles. The molecule has 2 fully saturated rings. The van der Waals surface area contributed by atoms with Gasteiger partial charge in [0, 0.05) is 25.0 Å². The first-order valence-corrected chi connectivity index (χ1v) is 11.3. The zero-order valence-corrected chi connectivity index (χ0v) is 16.5. The fourth-order valence-corrected chi connectivity index (χ4v) is 4.94. The van der Waals surface area contributed by atoms with Crippen LogP contribution in [0.1, 0.15) is 24.3 Å². The fourth-order valence-electron chi connectivity index (χ4n) is 4.14. The quantitative estimate of drug-likeness (QED) is 0.836. The molecule has 28 heavy (non-hydrogen) atoms. The minimum absolute atomic E-state index is 0.0804. The van der Waals surface area contributed by atoms with Gasteiger partial charge < -0.3 is 4.90 Å². The maximum absolute atomic E-state index is 13.7. The molecule has 2 aliphatic rings. The van der Waals surface area contributed by atoms with Gasteiger partial charge >= 0.3 is 0 Å². The average molecular weight is 402 g/mol. The van der Waals surface area contributed by atoms with Gasteiger partial charge in [0.2, 0.25) is 15.9 Å². The molecule has 1 amide bonds. The zero-order valence-electron chi connectivity index (χ0n) is 15.6. The third-order valence-electron chi connectivity index (χ3n) is 5.48.